The quantitative estimate of drug-likeness (QED) is 0.526. The van der Waals surface area contributed by atoms with Gasteiger partial charge in [-0.2, -0.15) is 0 Å². The zero-order valence-electron chi connectivity index (χ0n) is 5.71. The summed E-state index contributed by atoms with van der Waals surface area (Å²) in [6.07, 6.45) is 6.41. The van der Waals surface area contributed by atoms with E-state index in [0.717, 1.165) is 12.8 Å². The maximum atomic E-state index is 5.71. The van der Waals surface area contributed by atoms with Gasteiger partial charge in [-0.3, -0.25) is 0 Å². The molecule has 0 saturated carbocycles. The molecule has 0 spiro atoms. The largest absolute Gasteiger partial charge is 0.380 e. The number of rotatable bonds is 1. The summed E-state index contributed by atoms with van der Waals surface area (Å²) in [6.45, 7) is 0. The number of methoxy groups -OCH3 is 1. The first-order valence-corrected chi connectivity index (χ1v) is 3.28. The molecule has 2 atom stereocenters. The second kappa shape index (κ2) is 2.99. The van der Waals surface area contributed by atoms with Gasteiger partial charge in [-0.05, 0) is 12.8 Å². The minimum Gasteiger partial charge on any atom is -0.380 e. The Hall–Kier alpha value is -0.340. The molecule has 0 bridgehead atoms. The standard InChI is InChI=1S/C7H13NO/c1-9-7-5-3-2-4-6(7)8/h2-3,6-7H,4-5,8H2,1H3. The molecule has 0 aromatic carbocycles. The maximum Gasteiger partial charge on any atom is 0.0759 e. The van der Waals surface area contributed by atoms with Crippen LogP contribution >= 0.6 is 0 Å². The molecule has 0 radical (unpaired) electrons. The highest BCUT2D eigenvalue weighted by atomic mass is 16.5. The average molecular weight is 127 g/mol. The number of hydrogen-bond acceptors (Lipinski definition) is 2. The van der Waals surface area contributed by atoms with Crippen LogP contribution in [0.1, 0.15) is 12.8 Å². The normalized spacial score (nSPS) is 34.9. The van der Waals surface area contributed by atoms with E-state index in [1.807, 2.05) is 0 Å². The van der Waals surface area contributed by atoms with Gasteiger partial charge in [0.1, 0.15) is 0 Å². The van der Waals surface area contributed by atoms with Gasteiger partial charge in [0.05, 0.1) is 6.10 Å². The van der Waals surface area contributed by atoms with Crippen LogP contribution in [-0.2, 0) is 4.74 Å². The smallest absolute Gasteiger partial charge is 0.0759 e. The van der Waals surface area contributed by atoms with Gasteiger partial charge in [0.25, 0.3) is 0 Å². The third-order valence-electron chi connectivity index (χ3n) is 1.72. The number of ether oxygens (including phenoxy) is 1. The molecule has 0 fully saturated rings. The summed E-state index contributed by atoms with van der Waals surface area (Å²) in [7, 11) is 1.71. The zero-order valence-corrected chi connectivity index (χ0v) is 5.71. The predicted molar refractivity (Wildman–Crippen MR) is 37.1 cm³/mol. The summed E-state index contributed by atoms with van der Waals surface area (Å²) < 4.78 is 5.13. The third-order valence-corrected chi connectivity index (χ3v) is 1.72. The molecule has 0 saturated heterocycles. The summed E-state index contributed by atoms with van der Waals surface area (Å²) in [5.74, 6) is 0. The maximum absolute atomic E-state index is 5.71. The molecular formula is C7H13NO. The van der Waals surface area contributed by atoms with Crippen LogP contribution in [-0.4, -0.2) is 19.3 Å². The van der Waals surface area contributed by atoms with Gasteiger partial charge in [-0.1, -0.05) is 12.2 Å². The van der Waals surface area contributed by atoms with Gasteiger partial charge in [0.2, 0.25) is 0 Å². The average Bonchev–Trinajstić information content (AvgIpc) is 1.89. The first-order chi connectivity index (χ1) is 4.34. The van der Waals surface area contributed by atoms with Crippen molar-refractivity contribution in [1.29, 1.82) is 0 Å². The molecule has 2 nitrogen and oxygen atoms in total. The van der Waals surface area contributed by atoms with Crippen molar-refractivity contribution in [2.24, 2.45) is 5.73 Å². The van der Waals surface area contributed by atoms with Crippen molar-refractivity contribution < 1.29 is 4.74 Å². The molecule has 1 aliphatic carbocycles. The van der Waals surface area contributed by atoms with Crippen LogP contribution in [0, 0.1) is 0 Å². The lowest BCUT2D eigenvalue weighted by Gasteiger charge is -2.22. The van der Waals surface area contributed by atoms with Gasteiger partial charge in [-0.25, -0.2) is 0 Å². The van der Waals surface area contributed by atoms with Crippen molar-refractivity contribution in [3.05, 3.63) is 12.2 Å². The third kappa shape index (κ3) is 1.53. The Morgan fingerprint density at radius 1 is 1.44 bits per heavy atom. The van der Waals surface area contributed by atoms with Crippen molar-refractivity contribution >= 4 is 0 Å². The van der Waals surface area contributed by atoms with Crippen molar-refractivity contribution in [3.8, 4) is 0 Å². The van der Waals surface area contributed by atoms with E-state index in [1.54, 1.807) is 7.11 Å². The van der Waals surface area contributed by atoms with Crippen LogP contribution in [0.3, 0.4) is 0 Å². The molecule has 52 valence electrons. The molecule has 0 heterocycles. The fraction of sp³-hybridized carbons (Fsp3) is 0.714. The lowest BCUT2D eigenvalue weighted by Crippen LogP contribution is -2.36. The Labute approximate surface area is 55.7 Å². The summed E-state index contributed by atoms with van der Waals surface area (Å²) in [5.41, 5.74) is 5.71. The minimum atomic E-state index is 0.208. The predicted octanol–water partition coefficient (Wildman–Crippen LogP) is 0.679. The molecule has 0 aromatic rings. The highest BCUT2D eigenvalue weighted by molar-refractivity contribution is 4.97. The van der Waals surface area contributed by atoms with Crippen LogP contribution in [0.15, 0.2) is 12.2 Å². The molecule has 0 amide bonds. The van der Waals surface area contributed by atoms with E-state index in [9.17, 15) is 0 Å². The van der Waals surface area contributed by atoms with Crippen LogP contribution < -0.4 is 5.73 Å². The van der Waals surface area contributed by atoms with E-state index in [4.69, 9.17) is 10.5 Å². The summed E-state index contributed by atoms with van der Waals surface area (Å²) >= 11 is 0. The molecule has 0 aromatic heterocycles. The minimum absolute atomic E-state index is 0.208. The first kappa shape index (κ1) is 6.78. The SMILES string of the molecule is COC1CC=CCC1N. The molecule has 0 aliphatic heterocycles. The monoisotopic (exact) mass is 127 g/mol. The van der Waals surface area contributed by atoms with Crippen LogP contribution in [0.2, 0.25) is 0 Å². The van der Waals surface area contributed by atoms with Gasteiger partial charge in [-0.15, -0.1) is 0 Å². The molecule has 1 rings (SSSR count). The Bertz CT molecular complexity index is 111. The zero-order chi connectivity index (χ0) is 6.69. The first-order valence-electron chi connectivity index (χ1n) is 3.28. The topological polar surface area (TPSA) is 35.2 Å². The van der Waals surface area contributed by atoms with Gasteiger partial charge in [0, 0.05) is 13.2 Å². The molecule has 2 unspecified atom stereocenters. The van der Waals surface area contributed by atoms with E-state index in [1.165, 1.54) is 0 Å². The molecule has 1 aliphatic rings. The van der Waals surface area contributed by atoms with Gasteiger partial charge < -0.3 is 10.5 Å². The molecule has 2 heteroatoms. The highest BCUT2D eigenvalue weighted by Crippen LogP contribution is 2.11. The van der Waals surface area contributed by atoms with Crippen LogP contribution in [0.4, 0.5) is 0 Å². The summed E-state index contributed by atoms with van der Waals surface area (Å²) in [6, 6.07) is 0.208. The number of nitrogens with two attached hydrogens (primary N) is 1. The Morgan fingerprint density at radius 2 is 2.11 bits per heavy atom. The van der Waals surface area contributed by atoms with Crippen molar-refractivity contribution in [3.63, 3.8) is 0 Å². The summed E-state index contributed by atoms with van der Waals surface area (Å²) in [5, 5.41) is 0. The fourth-order valence-corrected chi connectivity index (χ4v) is 1.08. The van der Waals surface area contributed by atoms with E-state index in [-0.39, 0.29) is 12.1 Å². The van der Waals surface area contributed by atoms with Crippen LogP contribution in [0.25, 0.3) is 0 Å². The lowest BCUT2D eigenvalue weighted by molar-refractivity contribution is 0.0799. The van der Waals surface area contributed by atoms with Gasteiger partial charge >= 0.3 is 0 Å². The number of hydrogen-bond donors (Lipinski definition) is 1. The van der Waals surface area contributed by atoms with Crippen molar-refractivity contribution in [1.82, 2.24) is 0 Å². The Morgan fingerprint density at radius 3 is 2.56 bits per heavy atom. The second-order valence-electron chi connectivity index (χ2n) is 2.38. The summed E-state index contributed by atoms with van der Waals surface area (Å²) in [4.78, 5) is 0. The van der Waals surface area contributed by atoms with Crippen LogP contribution in [0.5, 0.6) is 0 Å². The van der Waals surface area contributed by atoms with Crippen molar-refractivity contribution in [2.45, 2.75) is 25.0 Å². The molecule has 9 heavy (non-hydrogen) atoms. The molecular weight excluding hydrogens is 114 g/mol. The van der Waals surface area contributed by atoms with E-state index in [2.05, 4.69) is 12.2 Å². The van der Waals surface area contributed by atoms with Gasteiger partial charge in [0.15, 0.2) is 0 Å². The van der Waals surface area contributed by atoms with E-state index < -0.39 is 0 Å². The Balaban J connectivity index is 2.43. The second-order valence-corrected chi connectivity index (χ2v) is 2.38. The van der Waals surface area contributed by atoms with E-state index in [0.29, 0.717) is 0 Å². The highest BCUT2D eigenvalue weighted by Gasteiger charge is 2.16. The van der Waals surface area contributed by atoms with Crippen molar-refractivity contribution in [2.75, 3.05) is 7.11 Å². The fourth-order valence-electron chi connectivity index (χ4n) is 1.08. The lowest BCUT2D eigenvalue weighted by atomic mass is 10.00. The Kier molecular flexibility index (Phi) is 2.25. The van der Waals surface area contributed by atoms with E-state index >= 15 is 0 Å². The molecule has 2 N–H and O–H groups in total.